The van der Waals surface area contributed by atoms with Crippen LogP contribution < -0.4 is 0 Å². The molecule has 0 heterocycles. The largest absolute Gasteiger partial charge is 0.463 e. The van der Waals surface area contributed by atoms with Crippen molar-refractivity contribution in [3.05, 3.63) is 23.8 Å². The van der Waals surface area contributed by atoms with Crippen LogP contribution >= 0.6 is 0 Å². The van der Waals surface area contributed by atoms with E-state index in [-0.39, 0.29) is 17.1 Å². The number of hydrogen-bond acceptors (Lipinski definition) is 3. The lowest BCUT2D eigenvalue weighted by Gasteiger charge is -2.39. The van der Waals surface area contributed by atoms with E-state index in [1.807, 2.05) is 26.8 Å². The normalized spacial score (nSPS) is 13.5. The van der Waals surface area contributed by atoms with Crippen molar-refractivity contribution in [1.29, 1.82) is 0 Å². The molecule has 0 aromatic carbocycles. The van der Waals surface area contributed by atoms with Gasteiger partial charge in [0, 0.05) is 12.0 Å². The smallest absolute Gasteiger partial charge is 0.334 e. The highest BCUT2D eigenvalue weighted by Crippen LogP contribution is 2.38. The van der Waals surface area contributed by atoms with E-state index >= 15 is 0 Å². The molecule has 0 aliphatic rings. The minimum atomic E-state index is -1.88. The third-order valence-corrected chi connectivity index (χ3v) is 8.79. The zero-order chi connectivity index (χ0) is 17.6. The summed E-state index contributed by atoms with van der Waals surface area (Å²) < 4.78 is 11.7. The molecule has 0 amide bonds. The van der Waals surface area contributed by atoms with Gasteiger partial charge in [0.25, 0.3) is 0 Å². The van der Waals surface area contributed by atoms with E-state index in [1.54, 1.807) is 0 Å². The lowest BCUT2D eigenvalue weighted by molar-refractivity contribution is -0.139. The maximum atomic E-state index is 12.1. The fraction of sp³-hybridized carbons (Fsp3) is 0.722. The van der Waals surface area contributed by atoms with Gasteiger partial charge in [0.1, 0.15) is 0 Å². The van der Waals surface area contributed by atoms with Crippen molar-refractivity contribution in [1.82, 2.24) is 0 Å². The minimum absolute atomic E-state index is 0.0207. The molecular weight excluding hydrogens is 292 g/mol. The van der Waals surface area contributed by atoms with Crippen LogP contribution in [0.1, 0.15) is 54.4 Å². The molecule has 22 heavy (non-hydrogen) atoms. The van der Waals surface area contributed by atoms with Gasteiger partial charge in [0.15, 0.2) is 8.32 Å². The van der Waals surface area contributed by atoms with Crippen LogP contribution in [-0.4, -0.2) is 27.0 Å². The Morgan fingerprint density at radius 3 is 2.18 bits per heavy atom. The van der Waals surface area contributed by atoms with Gasteiger partial charge < -0.3 is 9.16 Å². The fourth-order valence-electron chi connectivity index (χ4n) is 1.89. The number of hydrogen-bond donors (Lipinski definition) is 0. The highest BCUT2D eigenvalue weighted by atomic mass is 28.4. The maximum absolute atomic E-state index is 12.1. The summed E-state index contributed by atoms with van der Waals surface area (Å²) in [6.45, 7) is 21.1. The second-order valence-electron chi connectivity index (χ2n) is 7.43. The van der Waals surface area contributed by atoms with Crippen LogP contribution in [0.25, 0.3) is 0 Å². The number of allylic oxidation sites excluding steroid dienone is 1. The summed E-state index contributed by atoms with van der Waals surface area (Å²) in [6.07, 6.45) is 3.17. The molecule has 0 bridgehead atoms. The third-order valence-electron chi connectivity index (χ3n) is 4.25. The van der Waals surface area contributed by atoms with E-state index in [4.69, 9.17) is 9.16 Å². The predicted molar refractivity (Wildman–Crippen MR) is 96.5 cm³/mol. The summed E-state index contributed by atoms with van der Waals surface area (Å²) in [5, 5.41) is 0.140. The highest BCUT2D eigenvalue weighted by molar-refractivity contribution is 6.74. The molecule has 0 saturated heterocycles. The van der Waals surface area contributed by atoms with Crippen LogP contribution in [0.3, 0.4) is 0 Å². The molecule has 0 aliphatic heterocycles. The molecule has 0 N–H and O–H groups in total. The van der Waals surface area contributed by atoms with Gasteiger partial charge in [-0.25, -0.2) is 4.79 Å². The summed E-state index contributed by atoms with van der Waals surface area (Å²) >= 11 is 0. The lowest BCUT2D eigenvalue weighted by Crippen LogP contribution is -2.44. The average molecular weight is 327 g/mol. The molecular formula is C18H34O3Si. The first-order valence-corrected chi connectivity index (χ1v) is 11.0. The third kappa shape index (κ3) is 6.49. The molecule has 0 aliphatic carbocycles. The van der Waals surface area contributed by atoms with Crippen LogP contribution in [0.15, 0.2) is 23.8 Å². The quantitative estimate of drug-likeness (QED) is 0.265. The molecule has 0 aromatic heterocycles. The molecule has 0 unspecified atom stereocenters. The second kappa shape index (κ2) is 8.68. The first kappa shape index (κ1) is 21.1. The Balaban J connectivity index is 5.23. The Morgan fingerprint density at radius 2 is 1.82 bits per heavy atom. The Bertz CT molecular complexity index is 413. The van der Waals surface area contributed by atoms with Crippen LogP contribution in [0.5, 0.6) is 0 Å². The molecule has 0 aromatic rings. The summed E-state index contributed by atoms with van der Waals surface area (Å²) in [5.74, 6) is -0.226. The lowest BCUT2D eigenvalue weighted by atomic mass is 10.0. The zero-order valence-electron chi connectivity index (χ0n) is 15.7. The zero-order valence-corrected chi connectivity index (χ0v) is 16.7. The highest BCUT2D eigenvalue weighted by Gasteiger charge is 2.39. The van der Waals surface area contributed by atoms with E-state index in [9.17, 15) is 4.79 Å². The van der Waals surface area contributed by atoms with Gasteiger partial charge in [0.2, 0.25) is 0 Å². The summed E-state index contributed by atoms with van der Waals surface area (Å²) in [6, 6.07) is 0. The van der Waals surface area contributed by atoms with Gasteiger partial charge in [-0.05, 0) is 45.3 Å². The molecule has 4 heteroatoms. The monoisotopic (exact) mass is 326 g/mol. The molecule has 0 radical (unpaired) electrons. The van der Waals surface area contributed by atoms with E-state index in [0.29, 0.717) is 13.0 Å². The van der Waals surface area contributed by atoms with Crippen LogP contribution in [0.2, 0.25) is 18.1 Å². The van der Waals surface area contributed by atoms with Gasteiger partial charge in [-0.15, -0.1) is 6.58 Å². The molecule has 0 saturated carbocycles. The SMILES string of the molecule is C=CC[C@@H](CC(C(=O)OCC)=C(C)C)O[Si](C)(C)C(C)(C)C. The van der Waals surface area contributed by atoms with Crippen molar-refractivity contribution >= 4 is 14.3 Å². The van der Waals surface area contributed by atoms with Crippen molar-refractivity contribution in [2.75, 3.05) is 6.61 Å². The summed E-state index contributed by atoms with van der Waals surface area (Å²) in [7, 11) is -1.88. The number of carbonyl (C=O) groups is 1. The number of rotatable bonds is 8. The molecule has 0 fully saturated rings. The second-order valence-corrected chi connectivity index (χ2v) is 12.2. The van der Waals surface area contributed by atoms with Crippen molar-refractivity contribution in [2.24, 2.45) is 0 Å². The Labute approximate surface area is 137 Å². The molecule has 3 nitrogen and oxygen atoms in total. The Hall–Kier alpha value is -0.873. The number of ether oxygens (including phenoxy) is 1. The molecule has 0 rings (SSSR count). The number of carbonyl (C=O) groups excluding carboxylic acids is 1. The van der Waals surface area contributed by atoms with E-state index in [0.717, 1.165) is 17.6 Å². The summed E-state index contributed by atoms with van der Waals surface area (Å²) in [4.78, 5) is 12.1. The van der Waals surface area contributed by atoms with Gasteiger partial charge >= 0.3 is 5.97 Å². The first-order valence-electron chi connectivity index (χ1n) is 8.08. The van der Waals surface area contributed by atoms with Crippen LogP contribution in [-0.2, 0) is 14.0 Å². The van der Waals surface area contributed by atoms with E-state index < -0.39 is 8.32 Å². The summed E-state index contributed by atoms with van der Waals surface area (Å²) in [5.41, 5.74) is 1.72. The molecule has 0 spiro atoms. The van der Waals surface area contributed by atoms with E-state index in [2.05, 4.69) is 40.4 Å². The van der Waals surface area contributed by atoms with Gasteiger partial charge in [-0.2, -0.15) is 0 Å². The van der Waals surface area contributed by atoms with Gasteiger partial charge in [-0.1, -0.05) is 32.4 Å². The first-order chi connectivity index (χ1) is 9.96. The average Bonchev–Trinajstić information content (AvgIpc) is 2.33. The van der Waals surface area contributed by atoms with Crippen LogP contribution in [0, 0.1) is 0 Å². The van der Waals surface area contributed by atoms with Gasteiger partial charge in [0.05, 0.1) is 12.7 Å². The van der Waals surface area contributed by atoms with Crippen molar-refractivity contribution < 1.29 is 14.0 Å². The Morgan fingerprint density at radius 1 is 1.27 bits per heavy atom. The number of esters is 1. The molecule has 128 valence electrons. The maximum Gasteiger partial charge on any atom is 0.334 e. The van der Waals surface area contributed by atoms with Gasteiger partial charge in [-0.3, -0.25) is 0 Å². The standard InChI is InChI=1S/C18H34O3Si/c1-10-12-15(21-22(8,9)18(5,6)7)13-16(14(3)4)17(19)20-11-2/h10,15H,1,11-13H2,2-9H3/t15-/m0/s1. The molecule has 1 atom stereocenters. The van der Waals surface area contributed by atoms with Crippen LogP contribution in [0.4, 0.5) is 0 Å². The van der Waals surface area contributed by atoms with Crippen molar-refractivity contribution in [2.45, 2.75) is 78.6 Å². The topological polar surface area (TPSA) is 35.5 Å². The fourth-order valence-corrected chi connectivity index (χ4v) is 3.26. The van der Waals surface area contributed by atoms with Crippen molar-refractivity contribution in [3.8, 4) is 0 Å². The predicted octanol–water partition coefficient (Wildman–Crippen LogP) is 5.24. The minimum Gasteiger partial charge on any atom is -0.463 e. The Kier molecular flexibility index (Phi) is 8.33. The van der Waals surface area contributed by atoms with Crippen molar-refractivity contribution in [3.63, 3.8) is 0 Å². The van der Waals surface area contributed by atoms with E-state index in [1.165, 1.54) is 0 Å².